The summed E-state index contributed by atoms with van der Waals surface area (Å²) in [6, 6.07) is 5.49. The van der Waals surface area contributed by atoms with Crippen LogP contribution >= 0.6 is 15.9 Å². The Hall–Kier alpha value is -2.55. The Balaban J connectivity index is 1.83. The zero-order chi connectivity index (χ0) is 17.5. The molecule has 3 N–H and O–H groups in total. The zero-order valence-corrected chi connectivity index (χ0v) is 14.7. The Labute approximate surface area is 147 Å². The average Bonchev–Trinajstić information content (AvgIpc) is 3.07. The fraction of sp³-hybridized carbons (Fsp3) is 0.267. The predicted octanol–water partition coefficient (Wildman–Crippen LogP) is 2.27. The van der Waals surface area contributed by atoms with Crippen LogP contribution in [-0.4, -0.2) is 30.1 Å². The van der Waals surface area contributed by atoms with E-state index in [0.717, 1.165) is 0 Å². The number of nitrogens with one attached hydrogen (secondary N) is 3. The Morgan fingerprint density at radius 3 is 2.79 bits per heavy atom. The van der Waals surface area contributed by atoms with Crippen LogP contribution in [0.5, 0.6) is 5.88 Å². The molecule has 0 aliphatic carbocycles. The molecule has 128 valence electrons. The normalized spacial score (nSPS) is 11.5. The first-order valence-electron chi connectivity index (χ1n) is 7.07. The molecule has 8 nitrogen and oxygen atoms in total. The molecule has 2 aromatic rings. The van der Waals surface area contributed by atoms with E-state index in [2.05, 4.69) is 36.9 Å². The van der Waals surface area contributed by atoms with Crippen molar-refractivity contribution in [1.29, 1.82) is 0 Å². The number of ether oxygens (including phenoxy) is 1. The van der Waals surface area contributed by atoms with Crippen LogP contribution in [0.15, 0.2) is 39.5 Å². The third kappa shape index (κ3) is 4.98. The molecule has 0 aliphatic heterocycles. The second kappa shape index (κ2) is 8.34. The Morgan fingerprint density at radius 1 is 1.38 bits per heavy atom. The summed E-state index contributed by atoms with van der Waals surface area (Å²) >= 11 is 3.24. The van der Waals surface area contributed by atoms with Crippen LogP contribution in [0.25, 0.3) is 0 Å². The first-order valence-corrected chi connectivity index (χ1v) is 7.87. The van der Waals surface area contributed by atoms with Gasteiger partial charge in [-0.3, -0.25) is 4.79 Å². The van der Waals surface area contributed by atoms with Crippen LogP contribution < -0.4 is 20.7 Å². The summed E-state index contributed by atoms with van der Waals surface area (Å²) < 4.78 is 10.5. The van der Waals surface area contributed by atoms with Crippen molar-refractivity contribution >= 4 is 33.6 Å². The number of amides is 3. The number of furan rings is 1. The summed E-state index contributed by atoms with van der Waals surface area (Å²) in [5.74, 6) is 0.722. The van der Waals surface area contributed by atoms with Gasteiger partial charge in [0.2, 0.25) is 11.8 Å². The van der Waals surface area contributed by atoms with Crippen LogP contribution in [0.3, 0.4) is 0 Å². The molecule has 0 saturated carbocycles. The minimum absolute atomic E-state index is 0.257. The number of nitrogens with zero attached hydrogens (tertiary/aromatic N) is 1. The van der Waals surface area contributed by atoms with Crippen molar-refractivity contribution in [2.45, 2.75) is 19.5 Å². The molecule has 2 aromatic heterocycles. The highest BCUT2D eigenvalue weighted by atomic mass is 79.9. The van der Waals surface area contributed by atoms with E-state index in [0.29, 0.717) is 21.9 Å². The number of hydrogen-bond donors (Lipinski definition) is 3. The largest absolute Gasteiger partial charge is 0.481 e. The quantitative estimate of drug-likeness (QED) is 0.649. The van der Waals surface area contributed by atoms with Crippen molar-refractivity contribution < 1.29 is 18.7 Å². The molecule has 3 amide bonds. The first kappa shape index (κ1) is 17.8. The minimum atomic E-state index is -0.718. The van der Waals surface area contributed by atoms with Gasteiger partial charge in [-0.1, -0.05) is 0 Å². The van der Waals surface area contributed by atoms with Gasteiger partial charge in [0, 0.05) is 6.07 Å². The molecule has 0 aliphatic rings. The second-order valence-corrected chi connectivity index (χ2v) is 5.56. The summed E-state index contributed by atoms with van der Waals surface area (Å²) in [7, 11) is 1.50. The lowest BCUT2D eigenvalue weighted by atomic mass is 10.3. The summed E-state index contributed by atoms with van der Waals surface area (Å²) in [6.07, 6.45) is 1.53. The van der Waals surface area contributed by atoms with Gasteiger partial charge in [0.1, 0.15) is 16.4 Å². The van der Waals surface area contributed by atoms with Gasteiger partial charge in [-0.05, 0) is 41.1 Å². The molecule has 2 rings (SSSR count). The molecule has 0 aromatic carbocycles. The maximum atomic E-state index is 12.0. The van der Waals surface area contributed by atoms with E-state index in [-0.39, 0.29) is 12.5 Å². The topological polar surface area (TPSA) is 105 Å². The highest BCUT2D eigenvalue weighted by Gasteiger charge is 2.16. The van der Waals surface area contributed by atoms with E-state index in [1.807, 2.05) is 0 Å². The molecule has 0 bridgehead atoms. The maximum absolute atomic E-state index is 12.0. The summed E-state index contributed by atoms with van der Waals surface area (Å²) in [6.45, 7) is 1.84. The average molecular weight is 397 g/mol. The lowest BCUT2D eigenvalue weighted by Gasteiger charge is -2.15. The number of urea groups is 1. The van der Waals surface area contributed by atoms with Crippen LogP contribution in [0, 0.1) is 0 Å². The molecule has 0 radical (unpaired) electrons. The second-order valence-electron chi connectivity index (χ2n) is 4.81. The van der Waals surface area contributed by atoms with Gasteiger partial charge in [-0.2, -0.15) is 0 Å². The van der Waals surface area contributed by atoms with Gasteiger partial charge in [0.25, 0.3) is 0 Å². The van der Waals surface area contributed by atoms with E-state index in [9.17, 15) is 9.59 Å². The van der Waals surface area contributed by atoms with Crippen molar-refractivity contribution in [3.8, 4) is 5.88 Å². The zero-order valence-electron chi connectivity index (χ0n) is 13.1. The van der Waals surface area contributed by atoms with Crippen LogP contribution in [0.4, 0.5) is 10.5 Å². The molecular weight excluding hydrogens is 380 g/mol. The van der Waals surface area contributed by atoms with Crippen LogP contribution in [0.1, 0.15) is 12.7 Å². The van der Waals surface area contributed by atoms with E-state index < -0.39 is 12.1 Å². The van der Waals surface area contributed by atoms with E-state index in [1.165, 1.54) is 13.4 Å². The molecule has 0 unspecified atom stereocenters. The number of methoxy groups -OCH3 is 1. The van der Waals surface area contributed by atoms with Gasteiger partial charge in [0.05, 0.1) is 25.6 Å². The summed E-state index contributed by atoms with van der Waals surface area (Å²) in [5.41, 5.74) is 0.455. The fourth-order valence-corrected chi connectivity index (χ4v) is 2.19. The van der Waals surface area contributed by atoms with Gasteiger partial charge in [-0.15, -0.1) is 0 Å². The molecule has 2 heterocycles. The van der Waals surface area contributed by atoms with Crippen molar-refractivity contribution in [1.82, 2.24) is 15.6 Å². The van der Waals surface area contributed by atoms with Gasteiger partial charge in [0.15, 0.2) is 0 Å². The fourth-order valence-electron chi connectivity index (χ4n) is 1.79. The number of aromatic nitrogens is 1. The maximum Gasteiger partial charge on any atom is 0.319 e. The van der Waals surface area contributed by atoms with Crippen LogP contribution in [0.2, 0.25) is 0 Å². The number of halogens is 1. The molecule has 0 fully saturated rings. The molecule has 0 saturated heterocycles. The predicted molar refractivity (Wildman–Crippen MR) is 90.7 cm³/mol. The third-order valence-corrected chi connectivity index (χ3v) is 3.64. The number of carbonyl (C=O) groups is 2. The third-order valence-electron chi connectivity index (χ3n) is 3.04. The van der Waals surface area contributed by atoms with Gasteiger partial charge >= 0.3 is 6.03 Å². The van der Waals surface area contributed by atoms with Gasteiger partial charge in [-0.25, -0.2) is 9.78 Å². The minimum Gasteiger partial charge on any atom is -0.481 e. The Bertz CT molecular complexity index is 706. The SMILES string of the molecule is COc1ccc(NC(=O)N[C@@H](C)C(=O)NCc2ccco2)c(Br)n1. The number of rotatable bonds is 6. The highest BCUT2D eigenvalue weighted by Crippen LogP contribution is 2.22. The molecule has 24 heavy (non-hydrogen) atoms. The lowest BCUT2D eigenvalue weighted by molar-refractivity contribution is -0.122. The number of anilines is 1. The van der Waals surface area contributed by atoms with E-state index in [1.54, 1.807) is 31.2 Å². The smallest absolute Gasteiger partial charge is 0.319 e. The van der Waals surface area contributed by atoms with E-state index in [4.69, 9.17) is 9.15 Å². The van der Waals surface area contributed by atoms with E-state index >= 15 is 0 Å². The van der Waals surface area contributed by atoms with Crippen LogP contribution in [-0.2, 0) is 11.3 Å². The number of hydrogen-bond acceptors (Lipinski definition) is 5. The van der Waals surface area contributed by atoms with Crippen molar-refractivity contribution in [2.24, 2.45) is 0 Å². The Kier molecular flexibility index (Phi) is 6.19. The number of carbonyl (C=O) groups excluding carboxylic acids is 2. The monoisotopic (exact) mass is 396 g/mol. The summed E-state index contributed by atoms with van der Waals surface area (Å²) in [5, 5.41) is 7.81. The Morgan fingerprint density at radius 2 is 2.17 bits per heavy atom. The first-order chi connectivity index (χ1) is 11.5. The standard InChI is InChI=1S/C15H17BrN4O4/c1-9(14(21)17-8-10-4-3-7-24-10)18-15(22)19-11-5-6-12(23-2)20-13(11)16/h3-7,9H,8H2,1-2H3,(H,17,21)(H2,18,19,22)/t9-/m0/s1. The lowest BCUT2D eigenvalue weighted by Crippen LogP contribution is -2.46. The van der Waals surface area contributed by atoms with Crippen molar-refractivity contribution in [3.05, 3.63) is 40.9 Å². The highest BCUT2D eigenvalue weighted by molar-refractivity contribution is 9.10. The molecular formula is C15H17BrN4O4. The number of pyridine rings is 1. The van der Waals surface area contributed by atoms with Crippen molar-refractivity contribution in [3.63, 3.8) is 0 Å². The molecule has 0 spiro atoms. The van der Waals surface area contributed by atoms with Gasteiger partial charge < -0.3 is 25.1 Å². The molecule has 9 heteroatoms. The molecule has 1 atom stereocenters. The van der Waals surface area contributed by atoms with Crippen molar-refractivity contribution in [2.75, 3.05) is 12.4 Å². The summed E-state index contributed by atoms with van der Waals surface area (Å²) in [4.78, 5) is 28.0.